The quantitative estimate of drug-likeness (QED) is 0.289. The fourth-order valence-corrected chi connectivity index (χ4v) is 2.97. The monoisotopic (exact) mass is 496 g/mol. The van der Waals surface area contributed by atoms with E-state index in [1.54, 1.807) is 19.9 Å². The fraction of sp³-hybridized carbons (Fsp3) is 0.261. The van der Waals surface area contributed by atoms with Gasteiger partial charge in [-0.1, -0.05) is 17.7 Å². The van der Waals surface area contributed by atoms with Crippen molar-refractivity contribution in [3.8, 4) is 17.6 Å². The molecule has 0 saturated heterocycles. The van der Waals surface area contributed by atoms with Gasteiger partial charge in [-0.15, -0.1) is 0 Å². The van der Waals surface area contributed by atoms with Crippen LogP contribution < -0.4 is 14.8 Å². The van der Waals surface area contributed by atoms with E-state index in [9.17, 15) is 28.0 Å². The predicted molar refractivity (Wildman–Crippen MR) is 118 cm³/mol. The number of hydrogen-bond donors (Lipinski definition) is 1. The molecule has 0 atom stereocenters. The zero-order valence-corrected chi connectivity index (χ0v) is 18.9. The summed E-state index contributed by atoms with van der Waals surface area (Å²) >= 11 is 6.25. The van der Waals surface area contributed by atoms with E-state index in [-0.39, 0.29) is 41.0 Å². The second-order valence-corrected chi connectivity index (χ2v) is 6.97. The first-order valence-electron chi connectivity index (χ1n) is 9.94. The van der Waals surface area contributed by atoms with Crippen molar-refractivity contribution in [2.24, 2.45) is 0 Å². The van der Waals surface area contributed by atoms with E-state index in [0.717, 1.165) is 18.2 Å². The molecule has 0 bridgehead atoms. The van der Waals surface area contributed by atoms with Crippen LogP contribution in [0.25, 0.3) is 6.08 Å². The number of anilines is 1. The summed E-state index contributed by atoms with van der Waals surface area (Å²) in [4.78, 5) is 24.1. The van der Waals surface area contributed by atoms with Crippen molar-refractivity contribution >= 4 is 35.2 Å². The number of nitrogens with zero attached hydrogens (tertiary/aromatic N) is 1. The van der Waals surface area contributed by atoms with Crippen LogP contribution in [-0.2, 0) is 20.5 Å². The first kappa shape index (κ1) is 26.5. The van der Waals surface area contributed by atoms with E-state index in [2.05, 4.69) is 5.32 Å². The minimum Gasteiger partial charge on any atom is -0.490 e. The summed E-state index contributed by atoms with van der Waals surface area (Å²) in [7, 11) is 0. The Morgan fingerprint density at radius 3 is 2.50 bits per heavy atom. The molecule has 2 aromatic rings. The largest absolute Gasteiger partial charge is 0.490 e. The third-order valence-electron chi connectivity index (χ3n) is 4.10. The summed E-state index contributed by atoms with van der Waals surface area (Å²) in [6.45, 7) is 3.34. The second kappa shape index (κ2) is 12.0. The molecule has 7 nitrogen and oxygen atoms in total. The molecule has 0 radical (unpaired) electrons. The highest BCUT2D eigenvalue weighted by atomic mass is 35.5. The number of halogens is 4. The molecular formula is C23H20ClF3N2O5. The molecular weight excluding hydrogens is 477 g/mol. The summed E-state index contributed by atoms with van der Waals surface area (Å²) in [5, 5.41) is 11.7. The lowest BCUT2D eigenvalue weighted by Crippen LogP contribution is -2.15. The number of benzene rings is 2. The normalized spacial score (nSPS) is 11.4. The van der Waals surface area contributed by atoms with Gasteiger partial charge < -0.3 is 19.5 Å². The molecule has 2 aromatic carbocycles. The van der Waals surface area contributed by atoms with Crippen LogP contribution in [-0.4, -0.2) is 31.7 Å². The first-order chi connectivity index (χ1) is 16.1. The Kier molecular flexibility index (Phi) is 9.33. The first-order valence-corrected chi connectivity index (χ1v) is 10.3. The van der Waals surface area contributed by atoms with Crippen molar-refractivity contribution in [2.45, 2.75) is 20.0 Å². The maximum atomic E-state index is 12.9. The Bertz CT molecular complexity index is 1130. The Morgan fingerprint density at radius 1 is 1.15 bits per heavy atom. The molecule has 0 aliphatic rings. The Hall–Kier alpha value is -3.71. The third kappa shape index (κ3) is 7.42. The van der Waals surface area contributed by atoms with Gasteiger partial charge in [0.05, 0.1) is 23.8 Å². The predicted octanol–water partition coefficient (Wildman–Crippen LogP) is 5.25. The molecule has 0 aliphatic carbocycles. The average Bonchev–Trinajstić information content (AvgIpc) is 2.77. The summed E-state index contributed by atoms with van der Waals surface area (Å²) in [5.41, 5.74) is -1.18. The summed E-state index contributed by atoms with van der Waals surface area (Å²) < 4.78 is 54.3. The van der Waals surface area contributed by atoms with Crippen molar-refractivity contribution in [3.05, 3.63) is 58.1 Å². The molecule has 0 unspecified atom stereocenters. The smallest absolute Gasteiger partial charge is 0.416 e. The molecule has 0 heterocycles. The second-order valence-electron chi connectivity index (χ2n) is 6.56. The van der Waals surface area contributed by atoms with E-state index in [4.69, 9.17) is 25.8 Å². The number of rotatable bonds is 9. The van der Waals surface area contributed by atoms with Crippen LogP contribution in [0.2, 0.25) is 5.02 Å². The lowest BCUT2D eigenvalue weighted by atomic mass is 10.1. The van der Waals surface area contributed by atoms with E-state index in [1.807, 2.05) is 0 Å². The maximum Gasteiger partial charge on any atom is 0.416 e. The van der Waals surface area contributed by atoms with Gasteiger partial charge in [-0.3, -0.25) is 4.79 Å². The van der Waals surface area contributed by atoms with Gasteiger partial charge >= 0.3 is 12.1 Å². The lowest BCUT2D eigenvalue weighted by Gasteiger charge is -2.14. The number of amides is 1. The SMILES string of the molecule is CCOC(=O)COc1c(Cl)cc(/C=C(/C#N)C(=O)Nc2cccc(C(F)(F)F)c2)cc1OCC. The molecule has 1 amide bonds. The standard InChI is InChI=1S/C23H20ClF3N2O5/c1-3-32-19-10-14(9-18(24)21(19)34-13-20(30)33-4-2)8-15(12-28)22(31)29-17-7-5-6-16(11-17)23(25,26)27/h5-11H,3-4,13H2,1-2H3,(H,29,31)/b15-8-. The maximum absolute atomic E-state index is 12.9. The van der Waals surface area contributed by atoms with Crippen molar-refractivity contribution in [1.29, 1.82) is 5.26 Å². The topological polar surface area (TPSA) is 97.7 Å². The molecule has 0 spiro atoms. The van der Waals surface area contributed by atoms with Gasteiger partial charge in [-0.05, 0) is 55.8 Å². The van der Waals surface area contributed by atoms with Crippen LogP contribution in [0.1, 0.15) is 25.0 Å². The van der Waals surface area contributed by atoms with Gasteiger partial charge in [0, 0.05) is 5.69 Å². The highest BCUT2D eigenvalue weighted by Gasteiger charge is 2.30. The highest BCUT2D eigenvalue weighted by molar-refractivity contribution is 6.32. The number of hydrogen-bond acceptors (Lipinski definition) is 6. The molecule has 34 heavy (non-hydrogen) atoms. The van der Waals surface area contributed by atoms with Gasteiger partial charge in [0.15, 0.2) is 18.1 Å². The van der Waals surface area contributed by atoms with E-state index >= 15 is 0 Å². The number of nitriles is 1. The Balaban J connectivity index is 2.30. The van der Waals surface area contributed by atoms with Gasteiger partial charge in [0.1, 0.15) is 11.6 Å². The van der Waals surface area contributed by atoms with Gasteiger partial charge in [-0.25, -0.2) is 4.79 Å². The molecule has 2 rings (SSSR count). The number of alkyl halides is 3. The minimum atomic E-state index is -4.59. The molecule has 180 valence electrons. The van der Waals surface area contributed by atoms with Crippen LogP contribution >= 0.6 is 11.6 Å². The minimum absolute atomic E-state index is 0.0390. The fourth-order valence-electron chi connectivity index (χ4n) is 2.69. The van der Waals surface area contributed by atoms with Crippen molar-refractivity contribution in [2.75, 3.05) is 25.1 Å². The number of esters is 1. The Labute approximate surface area is 198 Å². The van der Waals surface area contributed by atoms with Crippen molar-refractivity contribution in [1.82, 2.24) is 0 Å². The molecule has 0 saturated carbocycles. The average molecular weight is 497 g/mol. The summed E-state index contributed by atoms with van der Waals surface area (Å²) in [6.07, 6.45) is -3.40. The third-order valence-corrected chi connectivity index (χ3v) is 4.38. The van der Waals surface area contributed by atoms with Crippen molar-refractivity contribution < 1.29 is 37.0 Å². The summed E-state index contributed by atoms with van der Waals surface area (Å²) in [6, 6.07) is 8.53. The molecule has 11 heteroatoms. The van der Waals surface area contributed by atoms with E-state index < -0.39 is 35.8 Å². The zero-order valence-electron chi connectivity index (χ0n) is 18.2. The van der Waals surface area contributed by atoms with Crippen LogP contribution in [0.4, 0.5) is 18.9 Å². The van der Waals surface area contributed by atoms with Crippen LogP contribution in [0, 0.1) is 11.3 Å². The van der Waals surface area contributed by atoms with Gasteiger partial charge in [-0.2, -0.15) is 18.4 Å². The number of carbonyl (C=O) groups is 2. The van der Waals surface area contributed by atoms with Crippen LogP contribution in [0.3, 0.4) is 0 Å². The highest BCUT2D eigenvalue weighted by Crippen LogP contribution is 2.37. The molecule has 0 aromatic heterocycles. The van der Waals surface area contributed by atoms with Crippen LogP contribution in [0.15, 0.2) is 42.0 Å². The molecule has 0 fully saturated rings. The van der Waals surface area contributed by atoms with Crippen LogP contribution in [0.5, 0.6) is 11.5 Å². The van der Waals surface area contributed by atoms with Gasteiger partial charge in [0.2, 0.25) is 0 Å². The lowest BCUT2D eigenvalue weighted by molar-refractivity contribution is -0.145. The summed E-state index contributed by atoms with van der Waals surface area (Å²) in [5.74, 6) is -1.30. The molecule has 1 N–H and O–H groups in total. The van der Waals surface area contributed by atoms with E-state index in [0.29, 0.717) is 0 Å². The number of ether oxygens (including phenoxy) is 3. The zero-order chi connectivity index (χ0) is 25.3. The number of nitrogens with one attached hydrogen (secondary N) is 1. The van der Waals surface area contributed by atoms with Crippen molar-refractivity contribution in [3.63, 3.8) is 0 Å². The Morgan fingerprint density at radius 2 is 1.88 bits per heavy atom. The number of carbonyl (C=O) groups excluding carboxylic acids is 2. The molecule has 0 aliphatic heterocycles. The van der Waals surface area contributed by atoms with E-state index in [1.165, 1.54) is 24.3 Å². The van der Waals surface area contributed by atoms with Gasteiger partial charge in [0.25, 0.3) is 5.91 Å².